The molecule has 0 radical (unpaired) electrons. The van der Waals surface area contributed by atoms with Crippen molar-refractivity contribution < 1.29 is 27.1 Å². The van der Waals surface area contributed by atoms with Crippen LogP contribution in [0.3, 0.4) is 0 Å². The maximum atomic E-state index is 14.1. The van der Waals surface area contributed by atoms with Crippen molar-refractivity contribution in [2.24, 2.45) is 38.4 Å². The van der Waals surface area contributed by atoms with Crippen LogP contribution < -0.4 is 15.4 Å². The first-order valence-electron chi connectivity index (χ1n) is 25.7. The van der Waals surface area contributed by atoms with Gasteiger partial charge in [-0.2, -0.15) is 0 Å². The van der Waals surface area contributed by atoms with E-state index in [4.69, 9.17) is 9.10 Å². The molecule has 2 saturated heterocycles. The SMILES string of the molecule is O=C(NS(=O)(=O)c1cnc(NCC2CCC(N=S3(=O)CCCC3)CC2)c([N+](=O)[O-])c1)C1=CCC(N2CCC3(CC2)CC(C2CCC[C@H]2c2ccccc2C2CC2)C3)C=C1OC1=CN=C2NC=CC2C1. The van der Waals surface area contributed by atoms with Gasteiger partial charge < -0.3 is 15.4 Å². The van der Waals surface area contributed by atoms with Gasteiger partial charge in [-0.1, -0.05) is 42.8 Å². The van der Waals surface area contributed by atoms with E-state index < -0.39 is 41.2 Å². The largest absolute Gasteiger partial charge is 0.460 e. The van der Waals surface area contributed by atoms with E-state index in [0.717, 1.165) is 100 Å². The van der Waals surface area contributed by atoms with Gasteiger partial charge in [0.15, 0.2) is 0 Å². The third-order valence-corrected chi connectivity index (χ3v) is 20.9. The number of carbonyl (C=O) groups excluding carboxylic acids is 1. The van der Waals surface area contributed by atoms with Gasteiger partial charge in [0.1, 0.15) is 22.2 Å². The van der Waals surface area contributed by atoms with E-state index in [9.17, 15) is 27.5 Å². The molecule has 11 rings (SSSR count). The number of ether oxygens (including phenoxy) is 1. The standard InChI is InChI=1S/C52H66N8O7S2/c61-51(58-69(65,66)41-28-47(60(62)63)50(56-33-41)54-31-34-10-14-38(15-11-34)57-68(64)24-3-4-25-68)46-17-16-39(27-48(46)67-40-26-36-18-21-53-49(36)55-32-40)59-22-19-52(20-23-59)29-37(30-52)43-8-5-9-45(43)44-7-2-1-6-42(44)35-12-13-35/h1-2,6-7,17-18,21,27-28,32-39,43,45H,3-5,8-16,19-20,22-26,29-31H2,(H,53,55)(H,54,56)(H,58,61)/t34?,36?,38?,39?,43?,45-/m1/s1. The molecule has 1 amide bonds. The van der Waals surface area contributed by atoms with Gasteiger partial charge in [-0.15, -0.1) is 0 Å². The number of aromatic nitrogens is 1. The van der Waals surface area contributed by atoms with Gasteiger partial charge in [0.2, 0.25) is 5.82 Å². The molecule has 2 aromatic rings. The van der Waals surface area contributed by atoms with Gasteiger partial charge in [-0.05, 0) is 168 Å². The third-order valence-electron chi connectivity index (χ3n) is 17.1. The molecular formula is C52H66N8O7S2. The fourth-order valence-electron chi connectivity index (χ4n) is 13.2. The molecule has 5 heterocycles. The highest BCUT2D eigenvalue weighted by Gasteiger charge is 2.51. The van der Waals surface area contributed by atoms with Crippen molar-refractivity contribution in [3.63, 3.8) is 0 Å². The number of amidine groups is 1. The number of likely N-dealkylation sites (tertiary alicyclic amines) is 1. The molecule has 1 aromatic heterocycles. The van der Waals surface area contributed by atoms with Gasteiger partial charge in [-0.3, -0.25) is 19.8 Å². The van der Waals surface area contributed by atoms with Crippen LogP contribution in [-0.2, 0) is 29.3 Å². The summed E-state index contributed by atoms with van der Waals surface area (Å²) in [5.74, 6) is 5.34. The zero-order valence-electron chi connectivity index (χ0n) is 39.4. The lowest BCUT2D eigenvalue weighted by Gasteiger charge is -2.55. The summed E-state index contributed by atoms with van der Waals surface area (Å²) in [4.78, 5) is 36.4. The minimum absolute atomic E-state index is 0.00929. The summed E-state index contributed by atoms with van der Waals surface area (Å²) in [5, 5.41) is 18.5. The third kappa shape index (κ3) is 9.93. The number of sulfonamides is 1. The van der Waals surface area contributed by atoms with Crippen molar-refractivity contribution in [1.82, 2.24) is 19.9 Å². The maximum Gasteiger partial charge on any atom is 0.312 e. The Morgan fingerprint density at radius 1 is 1.01 bits per heavy atom. The van der Waals surface area contributed by atoms with Crippen LogP contribution in [0.15, 0.2) is 98.5 Å². The average Bonchev–Trinajstić information content (AvgIpc) is 3.64. The predicted molar refractivity (Wildman–Crippen MR) is 266 cm³/mol. The van der Waals surface area contributed by atoms with Crippen LogP contribution in [0.5, 0.6) is 0 Å². The average molecular weight is 979 g/mol. The van der Waals surface area contributed by atoms with E-state index in [-0.39, 0.29) is 41.1 Å². The molecule has 1 spiro atoms. The normalized spacial score (nSPS) is 29.7. The highest BCUT2D eigenvalue weighted by molar-refractivity contribution is 7.93. The van der Waals surface area contributed by atoms with Gasteiger partial charge in [0.05, 0.1) is 28.9 Å². The van der Waals surface area contributed by atoms with Gasteiger partial charge in [-0.25, -0.2) is 31.7 Å². The van der Waals surface area contributed by atoms with Crippen LogP contribution in [0, 0.1) is 39.2 Å². The Morgan fingerprint density at radius 2 is 1.78 bits per heavy atom. The van der Waals surface area contributed by atoms with Crippen LogP contribution >= 0.6 is 0 Å². The number of anilines is 1. The Balaban J connectivity index is 0.735. The van der Waals surface area contributed by atoms with Crippen molar-refractivity contribution >= 4 is 43.0 Å². The number of nitrogens with zero attached hydrogens (tertiary/aromatic N) is 5. The Labute approximate surface area is 406 Å². The number of fused-ring (bicyclic) bond motifs is 1. The Bertz CT molecular complexity index is 2740. The molecule has 4 saturated carbocycles. The zero-order valence-corrected chi connectivity index (χ0v) is 41.1. The topological polar surface area (TPSA) is 198 Å². The number of hydrogen-bond donors (Lipinski definition) is 3. The minimum atomic E-state index is -4.60. The molecule has 1 aromatic carbocycles. The second kappa shape index (κ2) is 19.0. The van der Waals surface area contributed by atoms with Gasteiger partial charge >= 0.3 is 5.69 Å². The first-order valence-corrected chi connectivity index (χ1v) is 29.0. The van der Waals surface area contributed by atoms with Gasteiger partial charge in [0, 0.05) is 52.2 Å². The lowest BCUT2D eigenvalue weighted by atomic mass is 9.53. The second-order valence-electron chi connectivity index (χ2n) is 21.6. The molecule has 9 aliphatic rings. The van der Waals surface area contributed by atoms with Crippen LogP contribution in [0.2, 0.25) is 0 Å². The van der Waals surface area contributed by atoms with E-state index >= 15 is 0 Å². The smallest absolute Gasteiger partial charge is 0.312 e. The molecule has 368 valence electrons. The van der Waals surface area contributed by atoms with E-state index in [2.05, 4.69) is 54.5 Å². The number of carbonyl (C=O) groups is 1. The summed E-state index contributed by atoms with van der Waals surface area (Å²) in [5.41, 5.74) is 3.22. The van der Waals surface area contributed by atoms with Crippen LogP contribution in [0.25, 0.3) is 0 Å². The molecule has 69 heavy (non-hydrogen) atoms. The molecular weight excluding hydrogens is 913 g/mol. The van der Waals surface area contributed by atoms with Crippen molar-refractivity contribution in [2.45, 2.75) is 138 Å². The number of hydrogen-bond acceptors (Lipinski definition) is 13. The van der Waals surface area contributed by atoms with Crippen molar-refractivity contribution in [3.05, 3.63) is 105 Å². The molecule has 4 atom stereocenters. The lowest BCUT2D eigenvalue weighted by Crippen LogP contribution is -2.51. The maximum absolute atomic E-state index is 14.1. The molecule has 6 fully saturated rings. The highest BCUT2D eigenvalue weighted by atomic mass is 32.2. The summed E-state index contributed by atoms with van der Waals surface area (Å²) in [7, 11) is -6.68. The summed E-state index contributed by atoms with van der Waals surface area (Å²) in [6, 6.07) is 10.3. The van der Waals surface area contributed by atoms with Crippen molar-refractivity contribution in [2.75, 3.05) is 36.5 Å². The van der Waals surface area contributed by atoms with E-state index in [1.807, 2.05) is 18.4 Å². The van der Waals surface area contributed by atoms with Crippen LogP contribution in [0.1, 0.15) is 132 Å². The monoisotopic (exact) mass is 978 g/mol. The van der Waals surface area contributed by atoms with Crippen LogP contribution in [0.4, 0.5) is 11.5 Å². The quantitative estimate of drug-likeness (QED) is 0.121. The number of pyridine rings is 1. The summed E-state index contributed by atoms with van der Waals surface area (Å²) in [6.07, 6.45) is 28.1. The number of benzene rings is 1. The van der Waals surface area contributed by atoms with E-state index in [1.165, 1.54) is 44.9 Å². The predicted octanol–water partition coefficient (Wildman–Crippen LogP) is 8.96. The van der Waals surface area contributed by atoms with Crippen LogP contribution in [-0.4, -0.2) is 82.4 Å². The van der Waals surface area contributed by atoms with Crippen molar-refractivity contribution in [1.29, 1.82) is 0 Å². The number of allylic oxidation sites excluding steroid dienone is 1. The highest BCUT2D eigenvalue weighted by Crippen LogP contribution is 2.61. The number of rotatable bonds is 14. The molecule has 3 N–H and O–H groups in total. The number of nitro groups is 1. The Kier molecular flexibility index (Phi) is 12.8. The fraction of sp³-hybridized carbons (Fsp3) is 0.596. The summed E-state index contributed by atoms with van der Waals surface area (Å²) < 4.78 is 54.0. The molecule has 3 unspecified atom stereocenters. The molecule has 5 aliphatic carbocycles. The fourth-order valence-corrected chi connectivity index (χ4v) is 16.6. The molecule has 4 aliphatic heterocycles. The number of piperidine rings is 1. The minimum Gasteiger partial charge on any atom is -0.460 e. The molecule has 17 heteroatoms. The summed E-state index contributed by atoms with van der Waals surface area (Å²) in [6.45, 7) is 2.29. The first kappa shape index (κ1) is 46.5. The first-order chi connectivity index (χ1) is 33.4. The number of aliphatic imine (C=N–C) groups is 1. The van der Waals surface area contributed by atoms with E-state index in [1.54, 1.807) is 23.4 Å². The Hall–Kier alpha value is -4.87. The van der Waals surface area contributed by atoms with E-state index in [0.29, 0.717) is 48.0 Å². The zero-order chi connectivity index (χ0) is 47.3. The van der Waals surface area contributed by atoms with Gasteiger partial charge in [0.25, 0.3) is 15.9 Å². The summed E-state index contributed by atoms with van der Waals surface area (Å²) >= 11 is 0. The number of nitrogens with one attached hydrogen (secondary N) is 3. The van der Waals surface area contributed by atoms with Crippen molar-refractivity contribution in [3.8, 4) is 0 Å². The lowest BCUT2D eigenvalue weighted by molar-refractivity contribution is -0.384. The molecule has 15 nitrogen and oxygen atoms in total. The second-order valence-corrected chi connectivity index (χ2v) is 25.8. The Morgan fingerprint density at radius 3 is 2.54 bits per heavy atom. The molecule has 0 bridgehead atoms. The number of amides is 1.